The van der Waals surface area contributed by atoms with Crippen molar-refractivity contribution in [2.24, 2.45) is 0 Å². The number of para-hydroxylation sites is 1. The maximum atomic E-state index is 13.1. The molecule has 0 aliphatic rings. The number of nitriles is 1. The van der Waals surface area contributed by atoms with Crippen LogP contribution >= 0.6 is 11.8 Å². The third kappa shape index (κ3) is 3.95. The number of methoxy groups -OCH3 is 1. The summed E-state index contributed by atoms with van der Waals surface area (Å²) in [6.07, 6.45) is 0. The minimum absolute atomic E-state index is 0.111. The number of anilines is 1. The number of aromatic nitrogens is 4. The van der Waals surface area contributed by atoms with Crippen LogP contribution in [-0.2, 0) is 4.79 Å². The number of nitrogens with zero attached hydrogens (tertiary/aromatic N) is 5. The highest BCUT2D eigenvalue weighted by atomic mass is 32.2. The van der Waals surface area contributed by atoms with Crippen LogP contribution in [0.25, 0.3) is 22.2 Å². The average molecular weight is 497 g/mol. The van der Waals surface area contributed by atoms with E-state index in [0.29, 0.717) is 16.5 Å². The number of ether oxygens (including phenoxy) is 1. The van der Waals surface area contributed by atoms with E-state index < -0.39 is 0 Å². The zero-order valence-electron chi connectivity index (χ0n) is 20.4. The third-order valence-corrected chi connectivity index (χ3v) is 7.25. The average Bonchev–Trinajstić information content (AvgIpc) is 3.40. The van der Waals surface area contributed by atoms with Crippen LogP contribution in [0, 0.1) is 32.1 Å². The van der Waals surface area contributed by atoms with Crippen LogP contribution in [-0.4, -0.2) is 37.9 Å². The van der Waals surface area contributed by atoms with Gasteiger partial charge in [0.05, 0.1) is 23.9 Å². The number of benzene rings is 2. The topological polar surface area (TPSA) is 97.2 Å². The van der Waals surface area contributed by atoms with E-state index in [1.54, 1.807) is 7.11 Å². The zero-order valence-corrected chi connectivity index (χ0v) is 21.2. The number of pyridine rings is 1. The number of amides is 1. The molecule has 8 nitrogen and oxygen atoms in total. The van der Waals surface area contributed by atoms with Gasteiger partial charge in [0.1, 0.15) is 17.6 Å². The second kappa shape index (κ2) is 9.40. The zero-order chi connectivity index (χ0) is 25.4. The smallest absolute Gasteiger partial charge is 0.236 e. The SMILES string of the molecule is COc1ccc(-n2c(C)c(C)c(C#N)c2NC(=O)CSc2nnc3cc(C)c4ccccc4n23)cc1. The predicted molar refractivity (Wildman–Crippen MR) is 141 cm³/mol. The first kappa shape index (κ1) is 23.5. The van der Waals surface area contributed by atoms with Crippen molar-refractivity contribution in [1.82, 2.24) is 19.2 Å². The Morgan fingerprint density at radius 3 is 2.58 bits per heavy atom. The number of aryl methyl sites for hydroxylation is 1. The molecule has 0 radical (unpaired) electrons. The summed E-state index contributed by atoms with van der Waals surface area (Å²) in [6, 6.07) is 19.8. The quantitative estimate of drug-likeness (QED) is 0.324. The first-order chi connectivity index (χ1) is 17.4. The Bertz CT molecular complexity index is 1660. The fourth-order valence-electron chi connectivity index (χ4n) is 4.38. The van der Waals surface area contributed by atoms with E-state index in [1.165, 1.54) is 11.8 Å². The molecule has 180 valence electrons. The Hall–Kier alpha value is -4.29. The molecule has 5 rings (SSSR count). The Kier molecular flexibility index (Phi) is 6.12. The van der Waals surface area contributed by atoms with E-state index in [2.05, 4.69) is 27.6 Å². The number of rotatable bonds is 6. The number of carbonyl (C=O) groups excluding carboxylic acids is 1. The van der Waals surface area contributed by atoms with Gasteiger partial charge in [0.25, 0.3) is 0 Å². The van der Waals surface area contributed by atoms with Crippen LogP contribution in [0.15, 0.2) is 59.8 Å². The van der Waals surface area contributed by atoms with Gasteiger partial charge < -0.3 is 10.1 Å². The molecule has 9 heteroatoms. The fourth-order valence-corrected chi connectivity index (χ4v) is 5.13. The van der Waals surface area contributed by atoms with Gasteiger partial charge in [-0.25, -0.2) is 0 Å². The lowest BCUT2D eigenvalue weighted by molar-refractivity contribution is -0.113. The van der Waals surface area contributed by atoms with Gasteiger partial charge in [-0.1, -0.05) is 30.0 Å². The van der Waals surface area contributed by atoms with Crippen molar-refractivity contribution in [2.75, 3.05) is 18.2 Å². The minimum atomic E-state index is -0.239. The molecule has 0 unspecified atom stereocenters. The second-order valence-corrected chi connectivity index (χ2v) is 9.38. The molecular weight excluding hydrogens is 472 g/mol. The predicted octanol–water partition coefficient (Wildman–Crippen LogP) is 5.21. The lowest BCUT2D eigenvalue weighted by Gasteiger charge is -2.13. The normalized spacial score (nSPS) is 11.1. The fraction of sp³-hybridized carbons (Fsp3) is 0.185. The first-order valence-corrected chi connectivity index (χ1v) is 12.3. The van der Waals surface area contributed by atoms with E-state index in [4.69, 9.17) is 4.74 Å². The molecule has 0 saturated carbocycles. The van der Waals surface area contributed by atoms with Crippen molar-refractivity contribution in [3.05, 3.63) is 77.0 Å². The molecule has 1 amide bonds. The molecule has 0 saturated heterocycles. The van der Waals surface area contributed by atoms with Crippen molar-refractivity contribution < 1.29 is 9.53 Å². The summed E-state index contributed by atoms with van der Waals surface area (Å²) in [6.45, 7) is 5.86. The van der Waals surface area contributed by atoms with Crippen LogP contribution in [0.2, 0.25) is 0 Å². The number of hydrogen-bond acceptors (Lipinski definition) is 6. The lowest BCUT2D eigenvalue weighted by atomic mass is 10.1. The van der Waals surface area contributed by atoms with Crippen LogP contribution in [0.3, 0.4) is 0 Å². The van der Waals surface area contributed by atoms with E-state index in [0.717, 1.165) is 44.8 Å². The molecule has 2 aromatic carbocycles. The van der Waals surface area contributed by atoms with E-state index in [-0.39, 0.29) is 11.7 Å². The lowest BCUT2D eigenvalue weighted by Crippen LogP contribution is -2.18. The molecule has 0 atom stereocenters. The van der Waals surface area contributed by atoms with E-state index in [9.17, 15) is 10.1 Å². The highest BCUT2D eigenvalue weighted by Gasteiger charge is 2.21. The highest BCUT2D eigenvalue weighted by Crippen LogP contribution is 2.31. The van der Waals surface area contributed by atoms with Crippen LogP contribution < -0.4 is 10.1 Å². The summed E-state index contributed by atoms with van der Waals surface area (Å²) in [7, 11) is 1.61. The van der Waals surface area contributed by atoms with Crippen molar-refractivity contribution in [3.8, 4) is 17.5 Å². The Labute approximate surface area is 212 Å². The molecule has 0 spiro atoms. The molecule has 3 aromatic heterocycles. The van der Waals surface area contributed by atoms with Gasteiger partial charge in [-0.05, 0) is 68.3 Å². The number of thioether (sulfide) groups is 1. The van der Waals surface area contributed by atoms with Gasteiger partial charge in [-0.2, -0.15) is 5.26 Å². The number of fused-ring (bicyclic) bond motifs is 3. The summed E-state index contributed by atoms with van der Waals surface area (Å²) in [4.78, 5) is 13.1. The van der Waals surface area contributed by atoms with Gasteiger partial charge in [0.2, 0.25) is 5.91 Å². The van der Waals surface area contributed by atoms with E-state index >= 15 is 0 Å². The molecule has 0 bridgehead atoms. The van der Waals surface area contributed by atoms with Crippen molar-refractivity contribution >= 4 is 40.0 Å². The van der Waals surface area contributed by atoms with Crippen LogP contribution in [0.4, 0.5) is 5.82 Å². The van der Waals surface area contributed by atoms with Gasteiger partial charge in [-0.15, -0.1) is 10.2 Å². The molecule has 5 aromatic rings. The highest BCUT2D eigenvalue weighted by molar-refractivity contribution is 7.99. The Morgan fingerprint density at radius 1 is 1.11 bits per heavy atom. The summed E-state index contributed by atoms with van der Waals surface area (Å²) >= 11 is 1.30. The largest absolute Gasteiger partial charge is 0.497 e. The standard InChI is InChI=1S/C27H24N6O2S/c1-16-13-24-30-31-27(33(24)23-8-6-5-7-21(16)23)36-15-25(34)29-26-22(14-28)17(2)18(3)32(26)19-9-11-20(35-4)12-10-19/h5-13H,15H2,1-4H3,(H,29,34). The van der Waals surface area contributed by atoms with Crippen LogP contribution in [0.5, 0.6) is 5.75 Å². The molecule has 0 aliphatic heterocycles. The summed E-state index contributed by atoms with van der Waals surface area (Å²) in [5.41, 5.74) is 5.81. The maximum Gasteiger partial charge on any atom is 0.236 e. The van der Waals surface area contributed by atoms with Gasteiger partial charge in [0.15, 0.2) is 10.8 Å². The maximum absolute atomic E-state index is 13.1. The molecule has 36 heavy (non-hydrogen) atoms. The first-order valence-electron chi connectivity index (χ1n) is 11.4. The van der Waals surface area contributed by atoms with Gasteiger partial charge in [0, 0.05) is 16.8 Å². The third-order valence-electron chi connectivity index (χ3n) is 6.32. The van der Waals surface area contributed by atoms with Crippen molar-refractivity contribution in [2.45, 2.75) is 25.9 Å². The molecule has 1 N–H and O–H groups in total. The Balaban J connectivity index is 1.44. The van der Waals surface area contributed by atoms with Gasteiger partial charge in [-0.3, -0.25) is 13.8 Å². The summed E-state index contributed by atoms with van der Waals surface area (Å²) < 4.78 is 9.12. The summed E-state index contributed by atoms with van der Waals surface area (Å²) in [5.74, 6) is 1.05. The molecule has 3 heterocycles. The van der Waals surface area contributed by atoms with E-state index in [1.807, 2.05) is 78.3 Å². The Morgan fingerprint density at radius 2 is 1.86 bits per heavy atom. The minimum Gasteiger partial charge on any atom is -0.497 e. The second-order valence-electron chi connectivity index (χ2n) is 8.44. The van der Waals surface area contributed by atoms with Gasteiger partial charge >= 0.3 is 0 Å². The summed E-state index contributed by atoms with van der Waals surface area (Å²) in [5, 5.41) is 23.2. The number of nitrogens with one attached hydrogen (secondary N) is 1. The number of carbonyl (C=O) groups is 1. The molecular formula is C27H24N6O2S. The monoisotopic (exact) mass is 496 g/mol. The molecule has 0 fully saturated rings. The van der Waals surface area contributed by atoms with Crippen molar-refractivity contribution in [1.29, 1.82) is 5.26 Å². The van der Waals surface area contributed by atoms with Crippen LogP contribution in [0.1, 0.15) is 22.4 Å². The molecule has 0 aliphatic carbocycles. The van der Waals surface area contributed by atoms with Crippen molar-refractivity contribution in [3.63, 3.8) is 0 Å². The number of hydrogen-bond donors (Lipinski definition) is 1.